The van der Waals surface area contributed by atoms with E-state index in [1.54, 1.807) is 41.3 Å². The van der Waals surface area contributed by atoms with E-state index in [-0.39, 0.29) is 24.2 Å². The van der Waals surface area contributed by atoms with Crippen LogP contribution in [0.2, 0.25) is 5.02 Å². The zero-order valence-electron chi connectivity index (χ0n) is 14.1. The van der Waals surface area contributed by atoms with E-state index in [1.165, 1.54) is 12.1 Å². The lowest BCUT2D eigenvalue weighted by Gasteiger charge is -2.36. The quantitative estimate of drug-likeness (QED) is 0.893. The normalized spacial score (nSPS) is 14.2. The molecule has 136 valence electrons. The second-order valence-corrected chi connectivity index (χ2v) is 6.47. The van der Waals surface area contributed by atoms with Crippen LogP contribution < -0.4 is 10.2 Å². The van der Waals surface area contributed by atoms with Crippen molar-refractivity contribution >= 4 is 29.1 Å². The molecule has 0 atom stereocenters. The smallest absolute Gasteiger partial charge is 0.251 e. The van der Waals surface area contributed by atoms with Gasteiger partial charge in [0.05, 0.1) is 6.54 Å². The fourth-order valence-corrected chi connectivity index (χ4v) is 2.96. The number of benzene rings is 2. The summed E-state index contributed by atoms with van der Waals surface area (Å²) in [4.78, 5) is 28.2. The fraction of sp³-hybridized carbons (Fsp3) is 0.263. The highest BCUT2D eigenvalue weighted by molar-refractivity contribution is 6.30. The zero-order chi connectivity index (χ0) is 18.5. The Hall–Kier alpha value is -2.60. The van der Waals surface area contributed by atoms with Gasteiger partial charge in [-0.15, -0.1) is 0 Å². The van der Waals surface area contributed by atoms with E-state index in [0.29, 0.717) is 36.8 Å². The third-order valence-electron chi connectivity index (χ3n) is 4.33. The number of rotatable bonds is 4. The Balaban J connectivity index is 1.47. The summed E-state index contributed by atoms with van der Waals surface area (Å²) >= 11 is 5.79. The number of hydrogen-bond acceptors (Lipinski definition) is 3. The van der Waals surface area contributed by atoms with Crippen LogP contribution in [0, 0.1) is 5.82 Å². The number of hydrogen-bond donors (Lipinski definition) is 1. The molecule has 0 aliphatic carbocycles. The van der Waals surface area contributed by atoms with Gasteiger partial charge in [-0.25, -0.2) is 4.39 Å². The van der Waals surface area contributed by atoms with Gasteiger partial charge in [-0.3, -0.25) is 9.59 Å². The first-order valence-corrected chi connectivity index (χ1v) is 8.73. The summed E-state index contributed by atoms with van der Waals surface area (Å²) in [7, 11) is 0. The van der Waals surface area contributed by atoms with E-state index >= 15 is 0 Å². The number of anilines is 1. The largest absolute Gasteiger partial charge is 0.368 e. The number of carbonyl (C=O) groups excluding carboxylic acids is 2. The first kappa shape index (κ1) is 18.2. The van der Waals surface area contributed by atoms with Crippen molar-refractivity contribution < 1.29 is 14.0 Å². The molecule has 0 saturated carbocycles. The Morgan fingerprint density at radius 1 is 0.962 bits per heavy atom. The lowest BCUT2D eigenvalue weighted by molar-refractivity contribution is -0.130. The van der Waals surface area contributed by atoms with Crippen LogP contribution in [0.15, 0.2) is 48.5 Å². The molecule has 0 unspecified atom stereocenters. The average Bonchev–Trinajstić information content (AvgIpc) is 2.67. The minimum absolute atomic E-state index is 0.0436. The molecule has 0 spiro atoms. The Bertz CT molecular complexity index is 772. The van der Waals surface area contributed by atoms with Gasteiger partial charge in [0.1, 0.15) is 5.82 Å². The molecule has 26 heavy (non-hydrogen) atoms. The molecule has 1 N–H and O–H groups in total. The molecule has 1 heterocycles. The van der Waals surface area contributed by atoms with Gasteiger partial charge in [0.15, 0.2) is 0 Å². The maximum absolute atomic E-state index is 13.0. The molecule has 1 aliphatic heterocycles. The Morgan fingerprint density at radius 2 is 1.58 bits per heavy atom. The topological polar surface area (TPSA) is 52.7 Å². The molecule has 1 aliphatic rings. The number of amides is 2. The highest BCUT2D eigenvalue weighted by Gasteiger charge is 2.21. The van der Waals surface area contributed by atoms with E-state index in [9.17, 15) is 14.0 Å². The van der Waals surface area contributed by atoms with E-state index < -0.39 is 0 Å². The third kappa shape index (κ3) is 4.52. The number of nitrogens with one attached hydrogen (secondary N) is 1. The molecule has 2 aromatic carbocycles. The van der Waals surface area contributed by atoms with Crippen molar-refractivity contribution in [3.8, 4) is 0 Å². The highest BCUT2D eigenvalue weighted by Crippen LogP contribution is 2.17. The van der Waals surface area contributed by atoms with Crippen LogP contribution in [0.1, 0.15) is 10.4 Å². The Kier molecular flexibility index (Phi) is 5.73. The van der Waals surface area contributed by atoms with Crippen molar-refractivity contribution in [3.63, 3.8) is 0 Å². The summed E-state index contributed by atoms with van der Waals surface area (Å²) in [5.41, 5.74) is 1.40. The van der Waals surface area contributed by atoms with Crippen molar-refractivity contribution in [2.75, 3.05) is 37.6 Å². The van der Waals surface area contributed by atoms with Crippen LogP contribution in [-0.4, -0.2) is 49.4 Å². The van der Waals surface area contributed by atoms with Crippen molar-refractivity contribution in [1.82, 2.24) is 10.2 Å². The lowest BCUT2D eigenvalue weighted by atomic mass is 10.2. The van der Waals surface area contributed by atoms with E-state index in [2.05, 4.69) is 10.2 Å². The van der Waals surface area contributed by atoms with Crippen molar-refractivity contribution in [3.05, 3.63) is 64.9 Å². The number of halogens is 2. The summed E-state index contributed by atoms with van der Waals surface area (Å²) < 4.78 is 13.0. The first-order valence-electron chi connectivity index (χ1n) is 8.35. The monoisotopic (exact) mass is 375 g/mol. The molecule has 5 nitrogen and oxygen atoms in total. The van der Waals surface area contributed by atoms with Gasteiger partial charge < -0.3 is 15.1 Å². The molecular weight excluding hydrogens is 357 g/mol. The van der Waals surface area contributed by atoms with Crippen LogP contribution in [0.3, 0.4) is 0 Å². The molecule has 1 fully saturated rings. The number of piperazine rings is 1. The van der Waals surface area contributed by atoms with E-state index in [4.69, 9.17) is 11.6 Å². The van der Waals surface area contributed by atoms with Gasteiger partial charge in [0, 0.05) is 42.5 Å². The summed E-state index contributed by atoms with van der Waals surface area (Å²) in [5.74, 6) is -0.690. The molecule has 0 bridgehead atoms. The second kappa shape index (κ2) is 8.19. The van der Waals surface area contributed by atoms with Gasteiger partial charge in [-0.2, -0.15) is 0 Å². The van der Waals surface area contributed by atoms with E-state index in [1.807, 2.05) is 0 Å². The second-order valence-electron chi connectivity index (χ2n) is 6.03. The molecule has 2 amide bonds. The average molecular weight is 376 g/mol. The summed E-state index contributed by atoms with van der Waals surface area (Å²) in [6.07, 6.45) is 0. The molecule has 1 saturated heterocycles. The molecule has 7 heteroatoms. The van der Waals surface area contributed by atoms with Crippen LogP contribution in [-0.2, 0) is 4.79 Å². The van der Waals surface area contributed by atoms with Crippen LogP contribution in [0.4, 0.5) is 10.1 Å². The van der Waals surface area contributed by atoms with Crippen LogP contribution in [0.5, 0.6) is 0 Å². The van der Waals surface area contributed by atoms with E-state index in [0.717, 1.165) is 5.69 Å². The van der Waals surface area contributed by atoms with Gasteiger partial charge >= 0.3 is 0 Å². The lowest BCUT2D eigenvalue weighted by Crippen LogP contribution is -2.51. The maximum Gasteiger partial charge on any atom is 0.251 e. The first-order chi connectivity index (χ1) is 12.5. The van der Waals surface area contributed by atoms with Crippen molar-refractivity contribution in [2.24, 2.45) is 0 Å². The Labute approximate surface area is 156 Å². The fourth-order valence-electron chi connectivity index (χ4n) is 2.84. The molecule has 0 aromatic heterocycles. The molecular formula is C19H19ClFN3O2. The van der Waals surface area contributed by atoms with Gasteiger partial charge in [-0.05, 0) is 48.5 Å². The SMILES string of the molecule is O=C(NCC(=O)N1CCN(c2ccc(F)cc2)CC1)c1ccc(Cl)cc1. The van der Waals surface area contributed by atoms with Crippen LogP contribution >= 0.6 is 11.6 Å². The minimum Gasteiger partial charge on any atom is -0.368 e. The highest BCUT2D eigenvalue weighted by atomic mass is 35.5. The van der Waals surface area contributed by atoms with Gasteiger partial charge in [0.25, 0.3) is 5.91 Å². The minimum atomic E-state index is -0.306. The van der Waals surface area contributed by atoms with Crippen molar-refractivity contribution in [1.29, 1.82) is 0 Å². The Morgan fingerprint density at radius 3 is 2.19 bits per heavy atom. The molecule has 3 rings (SSSR count). The predicted molar refractivity (Wildman–Crippen MR) is 99.0 cm³/mol. The maximum atomic E-state index is 13.0. The predicted octanol–water partition coefficient (Wildman–Crippen LogP) is 2.56. The standard InChI is InChI=1S/C19H19ClFN3O2/c20-15-3-1-14(2-4-15)19(26)22-13-18(25)24-11-9-23(10-12-24)17-7-5-16(21)6-8-17/h1-8H,9-13H2,(H,22,26). The third-order valence-corrected chi connectivity index (χ3v) is 4.58. The number of nitrogens with zero attached hydrogens (tertiary/aromatic N) is 2. The molecule has 2 aromatic rings. The number of carbonyl (C=O) groups is 2. The zero-order valence-corrected chi connectivity index (χ0v) is 14.9. The summed E-state index contributed by atoms with van der Waals surface area (Å²) in [5, 5.41) is 3.19. The van der Waals surface area contributed by atoms with Crippen molar-refractivity contribution in [2.45, 2.75) is 0 Å². The summed E-state index contributed by atoms with van der Waals surface area (Å²) in [6.45, 7) is 2.42. The molecule has 0 radical (unpaired) electrons. The van der Waals surface area contributed by atoms with Gasteiger partial charge in [-0.1, -0.05) is 11.6 Å². The van der Waals surface area contributed by atoms with Crippen LogP contribution in [0.25, 0.3) is 0 Å². The van der Waals surface area contributed by atoms with Gasteiger partial charge in [0.2, 0.25) is 5.91 Å². The summed E-state index contributed by atoms with van der Waals surface area (Å²) in [6, 6.07) is 12.8.